The number of pyridine rings is 1. The van der Waals surface area contributed by atoms with E-state index in [4.69, 9.17) is 0 Å². The van der Waals surface area contributed by atoms with Gasteiger partial charge in [0, 0.05) is 36.1 Å². The van der Waals surface area contributed by atoms with Crippen molar-refractivity contribution in [3.63, 3.8) is 0 Å². The van der Waals surface area contributed by atoms with Crippen molar-refractivity contribution in [1.82, 2.24) is 15.2 Å². The summed E-state index contributed by atoms with van der Waals surface area (Å²) in [6.45, 7) is 7.45. The number of aromatic nitrogens is 1. The van der Waals surface area contributed by atoms with Crippen molar-refractivity contribution in [2.24, 2.45) is 0 Å². The number of benzene rings is 2. The number of carbonyl (C=O) groups is 2. The van der Waals surface area contributed by atoms with E-state index in [9.17, 15) is 9.59 Å². The maximum atomic E-state index is 13.2. The number of nitrogens with one attached hydrogen (secondary N) is 1. The normalized spacial score (nSPS) is 14.3. The molecule has 1 aromatic heterocycles. The zero-order valence-electron chi connectivity index (χ0n) is 18.9. The number of aryl methyl sites for hydroxylation is 2. The van der Waals surface area contributed by atoms with Crippen LogP contribution in [0.4, 0.5) is 0 Å². The maximum Gasteiger partial charge on any atom is 0.253 e. The summed E-state index contributed by atoms with van der Waals surface area (Å²) in [5.41, 5.74) is 5.92. The number of nitrogens with zero attached hydrogens (tertiary/aromatic N) is 2. The molecule has 0 bridgehead atoms. The molecule has 5 heteroatoms. The summed E-state index contributed by atoms with van der Waals surface area (Å²) in [6.07, 6.45) is 3.84. The average Bonchev–Trinajstić information content (AvgIpc) is 3.34. The zero-order valence-corrected chi connectivity index (χ0v) is 18.9. The van der Waals surface area contributed by atoms with E-state index in [1.54, 1.807) is 12.3 Å². The highest BCUT2D eigenvalue weighted by Gasteiger charge is 2.22. The van der Waals surface area contributed by atoms with Crippen molar-refractivity contribution < 1.29 is 9.59 Å². The predicted molar refractivity (Wildman–Crippen MR) is 127 cm³/mol. The number of carbonyl (C=O) groups excluding carboxylic acids is 2. The van der Waals surface area contributed by atoms with Gasteiger partial charge in [-0.3, -0.25) is 14.6 Å². The summed E-state index contributed by atoms with van der Waals surface area (Å²) >= 11 is 0. The molecule has 164 valence electrons. The van der Waals surface area contributed by atoms with Crippen LogP contribution in [0.2, 0.25) is 0 Å². The van der Waals surface area contributed by atoms with Gasteiger partial charge in [0.2, 0.25) is 0 Å². The fourth-order valence-corrected chi connectivity index (χ4v) is 4.00. The van der Waals surface area contributed by atoms with E-state index >= 15 is 0 Å². The number of likely N-dealkylation sites (tertiary alicyclic amines) is 1. The first-order valence-electron chi connectivity index (χ1n) is 11.2. The van der Waals surface area contributed by atoms with Crippen molar-refractivity contribution in [1.29, 1.82) is 0 Å². The van der Waals surface area contributed by atoms with Crippen LogP contribution in [0.25, 0.3) is 11.1 Å². The molecule has 5 nitrogen and oxygen atoms in total. The van der Waals surface area contributed by atoms with Crippen LogP contribution >= 0.6 is 0 Å². The highest BCUT2D eigenvalue weighted by atomic mass is 16.2. The first-order valence-corrected chi connectivity index (χ1v) is 11.2. The molecular weight excluding hydrogens is 398 g/mol. The van der Waals surface area contributed by atoms with E-state index in [-0.39, 0.29) is 17.9 Å². The molecule has 0 aliphatic carbocycles. The molecule has 4 rings (SSSR count). The van der Waals surface area contributed by atoms with Gasteiger partial charge in [-0.2, -0.15) is 0 Å². The number of hydrogen-bond donors (Lipinski definition) is 1. The van der Waals surface area contributed by atoms with E-state index in [0.717, 1.165) is 53.9 Å². The predicted octanol–water partition coefficient (Wildman–Crippen LogP) is 5.09. The Morgan fingerprint density at radius 3 is 2.25 bits per heavy atom. The largest absolute Gasteiger partial charge is 0.345 e. The lowest BCUT2D eigenvalue weighted by Gasteiger charge is -2.18. The van der Waals surface area contributed by atoms with Crippen LogP contribution < -0.4 is 5.32 Å². The van der Waals surface area contributed by atoms with Crippen LogP contribution in [0.15, 0.2) is 60.8 Å². The second kappa shape index (κ2) is 9.35. The van der Waals surface area contributed by atoms with Gasteiger partial charge < -0.3 is 10.2 Å². The average molecular weight is 428 g/mol. The summed E-state index contributed by atoms with van der Waals surface area (Å²) in [5.74, 6) is -0.219. The molecule has 0 radical (unpaired) electrons. The minimum atomic E-state index is -0.206. The number of amides is 2. The first kappa shape index (κ1) is 21.8. The van der Waals surface area contributed by atoms with Gasteiger partial charge in [-0.05, 0) is 74.6 Å². The van der Waals surface area contributed by atoms with Crippen LogP contribution in [-0.2, 0) is 0 Å². The lowest BCUT2D eigenvalue weighted by Crippen LogP contribution is -2.29. The molecule has 3 aromatic rings. The third-order valence-electron chi connectivity index (χ3n) is 6.00. The van der Waals surface area contributed by atoms with Gasteiger partial charge in [0.1, 0.15) is 0 Å². The Morgan fingerprint density at radius 1 is 0.906 bits per heavy atom. The van der Waals surface area contributed by atoms with Crippen LogP contribution in [-0.4, -0.2) is 34.8 Å². The van der Waals surface area contributed by atoms with Crippen LogP contribution in [0.3, 0.4) is 0 Å². The minimum Gasteiger partial charge on any atom is -0.345 e. The fourth-order valence-electron chi connectivity index (χ4n) is 4.00. The van der Waals surface area contributed by atoms with E-state index in [1.165, 1.54) is 0 Å². The Morgan fingerprint density at radius 2 is 1.59 bits per heavy atom. The van der Waals surface area contributed by atoms with Crippen molar-refractivity contribution in [3.8, 4) is 11.1 Å². The van der Waals surface area contributed by atoms with Crippen molar-refractivity contribution in [3.05, 3.63) is 88.7 Å². The fraction of sp³-hybridized carbons (Fsp3) is 0.296. The molecule has 2 heterocycles. The smallest absolute Gasteiger partial charge is 0.253 e. The lowest BCUT2D eigenvalue weighted by molar-refractivity contribution is 0.0793. The third-order valence-corrected chi connectivity index (χ3v) is 6.00. The van der Waals surface area contributed by atoms with Gasteiger partial charge in [0.15, 0.2) is 0 Å². The van der Waals surface area contributed by atoms with Crippen molar-refractivity contribution in [2.45, 2.75) is 39.7 Å². The first-order chi connectivity index (χ1) is 15.4. The molecule has 1 atom stereocenters. The van der Waals surface area contributed by atoms with Crippen LogP contribution in [0, 0.1) is 13.8 Å². The van der Waals surface area contributed by atoms with E-state index in [0.29, 0.717) is 11.1 Å². The molecule has 1 saturated heterocycles. The molecule has 2 amide bonds. The van der Waals surface area contributed by atoms with Gasteiger partial charge >= 0.3 is 0 Å². The molecule has 32 heavy (non-hydrogen) atoms. The van der Waals surface area contributed by atoms with Crippen LogP contribution in [0.1, 0.15) is 63.3 Å². The Hall–Kier alpha value is -3.47. The second-order valence-electron chi connectivity index (χ2n) is 8.59. The quantitative estimate of drug-likeness (QED) is 0.617. The molecule has 0 saturated carbocycles. The van der Waals surface area contributed by atoms with Crippen molar-refractivity contribution >= 4 is 11.8 Å². The SMILES string of the molecule is Cc1ccc(-c2cc(C(=O)N[C@H](C)c3ccc(C)nc3)cc(C(=O)N3CCCC3)c2)cc1. The van der Waals surface area contributed by atoms with E-state index in [1.807, 2.05) is 74.2 Å². The number of hydrogen-bond acceptors (Lipinski definition) is 3. The summed E-state index contributed by atoms with van der Waals surface area (Å²) in [6, 6.07) is 17.3. The maximum absolute atomic E-state index is 13.2. The molecule has 0 spiro atoms. The second-order valence-corrected chi connectivity index (χ2v) is 8.59. The van der Waals surface area contributed by atoms with Gasteiger partial charge in [0.25, 0.3) is 11.8 Å². The zero-order chi connectivity index (χ0) is 22.7. The van der Waals surface area contributed by atoms with Crippen LogP contribution in [0.5, 0.6) is 0 Å². The highest BCUT2D eigenvalue weighted by Crippen LogP contribution is 2.25. The Balaban J connectivity index is 1.66. The molecule has 2 aromatic carbocycles. The summed E-state index contributed by atoms with van der Waals surface area (Å²) in [5, 5.41) is 3.05. The van der Waals surface area contributed by atoms with Crippen molar-refractivity contribution in [2.75, 3.05) is 13.1 Å². The molecule has 0 unspecified atom stereocenters. The van der Waals surface area contributed by atoms with Gasteiger partial charge in [-0.25, -0.2) is 0 Å². The highest BCUT2D eigenvalue weighted by molar-refractivity contribution is 6.01. The van der Waals surface area contributed by atoms with Gasteiger partial charge in [-0.15, -0.1) is 0 Å². The van der Waals surface area contributed by atoms with Gasteiger partial charge in [0.05, 0.1) is 6.04 Å². The molecule has 1 N–H and O–H groups in total. The van der Waals surface area contributed by atoms with E-state index in [2.05, 4.69) is 10.3 Å². The molecule has 1 aliphatic heterocycles. The minimum absolute atomic E-state index is 0.0127. The van der Waals surface area contributed by atoms with E-state index < -0.39 is 0 Å². The summed E-state index contributed by atoms with van der Waals surface area (Å²) in [4.78, 5) is 32.5. The van der Waals surface area contributed by atoms with Gasteiger partial charge in [-0.1, -0.05) is 35.9 Å². The Bertz CT molecular complexity index is 1110. The monoisotopic (exact) mass is 427 g/mol. The molecule has 1 aliphatic rings. The lowest BCUT2D eigenvalue weighted by atomic mass is 9.97. The molecular formula is C27H29N3O2. The topological polar surface area (TPSA) is 62.3 Å². The number of rotatable bonds is 5. The summed E-state index contributed by atoms with van der Waals surface area (Å²) in [7, 11) is 0. The molecule has 1 fully saturated rings. The third kappa shape index (κ3) is 4.88. The Labute approximate surface area is 189 Å². The standard InChI is InChI=1S/C27H29N3O2/c1-18-6-9-21(10-7-18)23-14-24(16-25(15-23)27(32)30-12-4-5-13-30)26(31)29-20(3)22-11-8-19(2)28-17-22/h6-11,14-17,20H,4-5,12-13H2,1-3H3,(H,29,31)/t20-/m1/s1. The Kier molecular flexibility index (Phi) is 6.35. The summed E-state index contributed by atoms with van der Waals surface area (Å²) < 4.78 is 0.